The summed E-state index contributed by atoms with van der Waals surface area (Å²) >= 11 is 0. The van der Waals surface area contributed by atoms with E-state index in [1.165, 1.54) is 19.9 Å². The topological polar surface area (TPSA) is 0 Å². The van der Waals surface area contributed by atoms with E-state index in [2.05, 4.69) is 0 Å². The Morgan fingerprint density at radius 2 is 1.05 bits per heavy atom. The van der Waals surface area contributed by atoms with Crippen LogP contribution in [0, 0.1) is 45.1 Å². The lowest BCUT2D eigenvalue weighted by Crippen LogP contribution is -1.91. The fraction of sp³-hybridized carbons (Fsp3) is 0.250. The molecule has 0 saturated heterocycles. The van der Waals surface area contributed by atoms with Gasteiger partial charge in [0.25, 0.3) is 0 Å². The molecule has 3 heteroatoms. The molecule has 0 aliphatic carbocycles. The van der Waals surface area contributed by atoms with Crippen molar-refractivity contribution < 1.29 is 13.2 Å². The lowest BCUT2D eigenvalue weighted by atomic mass is 10.1. The van der Waals surface area contributed by atoms with Crippen molar-refractivity contribution in [3.05, 3.63) is 70.0 Å². The minimum Gasteiger partial charge on any atom is -0.207 e. The summed E-state index contributed by atoms with van der Waals surface area (Å²) in [7, 11) is 0. The van der Waals surface area contributed by atoms with Gasteiger partial charge in [-0.15, -0.1) is 0 Å². The predicted molar refractivity (Wildman–Crippen MR) is 71.7 cm³/mol. The van der Waals surface area contributed by atoms with Crippen LogP contribution in [-0.2, 0) is 0 Å². The number of aryl methyl sites for hydroxylation is 4. The number of hydrogen-bond acceptors (Lipinski definition) is 0. The van der Waals surface area contributed by atoms with Crippen molar-refractivity contribution in [1.29, 1.82) is 0 Å². The highest BCUT2D eigenvalue weighted by atomic mass is 19.2. The molecule has 19 heavy (non-hydrogen) atoms. The van der Waals surface area contributed by atoms with Crippen molar-refractivity contribution in [1.82, 2.24) is 0 Å². The fourth-order valence-corrected chi connectivity index (χ4v) is 1.44. The van der Waals surface area contributed by atoms with E-state index < -0.39 is 11.6 Å². The zero-order chi connectivity index (χ0) is 14.6. The second kappa shape index (κ2) is 6.41. The molecule has 0 aliphatic heterocycles. The maximum absolute atomic E-state index is 12.6. The Balaban J connectivity index is 0.000000191. The van der Waals surface area contributed by atoms with Crippen molar-refractivity contribution in [2.24, 2.45) is 0 Å². The summed E-state index contributed by atoms with van der Waals surface area (Å²) in [4.78, 5) is 0. The van der Waals surface area contributed by atoms with Crippen LogP contribution in [0.1, 0.15) is 22.3 Å². The average Bonchev–Trinajstić information content (AvgIpc) is 2.37. The lowest BCUT2D eigenvalue weighted by Gasteiger charge is -1.99. The summed E-state index contributed by atoms with van der Waals surface area (Å²) in [5, 5.41) is 0. The zero-order valence-electron chi connectivity index (χ0n) is 11.5. The normalized spacial score (nSPS) is 9.84. The van der Waals surface area contributed by atoms with Crippen LogP contribution in [0.5, 0.6) is 0 Å². The SMILES string of the molecule is Cc1ccc(C)c(F)c1.Cc1ccc(C)c(F)c1F. The van der Waals surface area contributed by atoms with E-state index in [1.54, 1.807) is 25.1 Å². The number of benzene rings is 2. The minimum absolute atomic E-state index is 0.116. The van der Waals surface area contributed by atoms with Gasteiger partial charge < -0.3 is 0 Å². The Morgan fingerprint density at radius 3 is 1.42 bits per heavy atom. The van der Waals surface area contributed by atoms with Crippen LogP contribution in [0.2, 0.25) is 0 Å². The van der Waals surface area contributed by atoms with E-state index in [0.717, 1.165) is 5.56 Å². The van der Waals surface area contributed by atoms with E-state index >= 15 is 0 Å². The molecule has 0 fully saturated rings. The Hall–Kier alpha value is -1.77. The molecule has 2 aromatic rings. The highest BCUT2D eigenvalue weighted by molar-refractivity contribution is 5.24. The maximum Gasteiger partial charge on any atom is 0.161 e. The molecule has 0 nitrogen and oxygen atoms in total. The molecule has 0 atom stereocenters. The van der Waals surface area contributed by atoms with Crippen molar-refractivity contribution in [2.45, 2.75) is 27.7 Å². The first-order valence-electron chi connectivity index (χ1n) is 5.97. The van der Waals surface area contributed by atoms with Crippen LogP contribution < -0.4 is 0 Å². The van der Waals surface area contributed by atoms with E-state index in [4.69, 9.17) is 0 Å². The molecule has 0 radical (unpaired) electrons. The summed E-state index contributed by atoms with van der Waals surface area (Å²) in [6, 6.07) is 8.35. The smallest absolute Gasteiger partial charge is 0.161 e. The average molecular weight is 266 g/mol. The van der Waals surface area contributed by atoms with Crippen molar-refractivity contribution in [3.8, 4) is 0 Å². The number of halogens is 3. The molecule has 2 aromatic carbocycles. The lowest BCUT2D eigenvalue weighted by molar-refractivity contribution is 0.497. The van der Waals surface area contributed by atoms with E-state index in [0.29, 0.717) is 16.7 Å². The summed E-state index contributed by atoms with van der Waals surface area (Å²) in [5.74, 6) is -1.59. The van der Waals surface area contributed by atoms with Crippen molar-refractivity contribution in [3.63, 3.8) is 0 Å². The monoisotopic (exact) mass is 266 g/mol. The van der Waals surface area contributed by atoms with E-state index in [1.807, 2.05) is 13.0 Å². The maximum atomic E-state index is 12.6. The number of hydrogen-bond donors (Lipinski definition) is 0. The van der Waals surface area contributed by atoms with Gasteiger partial charge in [-0.25, -0.2) is 13.2 Å². The molecular weight excluding hydrogens is 249 g/mol. The molecule has 2 rings (SSSR count). The third-order valence-electron chi connectivity index (χ3n) is 2.80. The second-order valence-corrected chi connectivity index (χ2v) is 4.58. The van der Waals surface area contributed by atoms with Crippen LogP contribution in [0.3, 0.4) is 0 Å². The third-order valence-corrected chi connectivity index (χ3v) is 2.80. The predicted octanol–water partition coefficient (Wildman–Crippen LogP) is 5.02. The largest absolute Gasteiger partial charge is 0.207 e. The van der Waals surface area contributed by atoms with Crippen LogP contribution in [0.25, 0.3) is 0 Å². The Labute approximate surface area is 111 Å². The Bertz CT molecular complexity index is 547. The molecule has 102 valence electrons. The van der Waals surface area contributed by atoms with Crippen LogP contribution in [0.4, 0.5) is 13.2 Å². The summed E-state index contributed by atoms with van der Waals surface area (Å²) in [6.45, 7) is 6.72. The second-order valence-electron chi connectivity index (χ2n) is 4.58. The summed E-state index contributed by atoms with van der Waals surface area (Å²) < 4.78 is 37.8. The Kier molecular flexibility index (Phi) is 5.16. The molecule has 0 bridgehead atoms. The third kappa shape index (κ3) is 4.12. The van der Waals surface area contributed by atoms with Gasteiger partial charge in [-0.1, -0.05) is 24.3 Å². The van der Waals surface area contributed by atoms with Crippen molar-refractivity contribution >= 4 is 0 Å². The van der Waals surface area contributed by atoms with Gasteiger partial charge in [0, 0.05) is 0 Å². The van der Waals surface area contributed by atoms with E-state index in [-0.39, 0.29) is 5.82 Å². The minimum atomic E-state index is -0.736. The van der Waals surface area contributed by atoms with Crippen LogP contribution in [-0.4, -0.2) is 0 Å². The molecule has 0 saturated carbocycles. The molecule has 0 unspecified atom stereocenters. The molecule has 0 aliphatic rings. The quantitative estimate of drug-likeness (QED) is 0.627. The standard InChI is InChI=1S/C8H8F2.C8H9F/c1-5-3-4-6(2)8(10)7(5)9;1-6-3-4-7(2)8(9)5-6/h3-4H,1-2H3;3-5H,1-2H3. The Morgan fingerprint density at radius 1 is 0.632 bits per heavy atom. The van der Waals surface area contributed by atoms with Gasteiger partial charge in [-0.2, -0.15) is 0 Å². The highest BCUT2D eigenvalue weighted by Gasteiger charge is 2.05. The first-order chi connectivity index (χ1) is 8.82. The molecule has 0 aromatic heterocycles. The van der Waals surface area contributed by atoms with Crippen LogP contribution in [0.15, 0.2) is 30.3 Å². The van der Waals surface area contributed by atoms with E-state index in [9.17, 15) is 13.2 Å². The van der Waals surface area contributed by atoms with Gasteiger partial charge in [0.2, 0.25) is 0 Å². The zero-order valence-corrected chi connectivity index (χ0v) is 11.5. The van der Waals surface area contributed by atoms with Crippen molar-refractivity contribution in [2.75, 3.05) is 0 Å². The first kappa shape index (κ1) is 15.3. The molecule has 0 amide bonds. The van der Waals surface area contributed by atoms with Gasteiger partial charge in [-0.3, -0.25) is 0 Å². The fourth-order valence-electron chi connectivity index (χ4n) is 1.44. The first-order valence-corrected chi connectivity index (χ1v) is 5.97. The highest BCUT2D eigenvalue weighted by Crippen LogP contribution is 2.13. The molecule has 0 heterocycles. The van der Waals surface area contributed by atoms with Gasteiger partial charge in [0.1, 0.15) is 5.82 Å². The number of rotatable bonds is 0. The molecular formula is C16H17F3. The van der Waals surface area contributed by atoms with Crippen LogP contribution >= 0.6 is 0 Å². The van der Waals surface area contributed by atoms with Gasteiger partial charge in [0.05, 0.1) is 0 Å². The van der Waals surface area contributed by atoms with Gasteiger partial charge in [0.15, 0.2) is 11.6 Å². The van der Waals surface area contributed by atoms with Gasteiger partial charge in [-0.05, 0) is 56.0 Å². The molecule has 0 N–H and O–H groups in total. The molecule has 0 spiro atoms. The van der Waals surface area contributed by atoms with Gasteiger partial charge >= 0.3 is 0 Å². The summed E-state index contributed by atoms with van der Waals surface area (Å²) in [5.41, 5.74) is 2.38. The summed E-state index contributed by atoms with van der Waals surface area (Å²) in [6.07, 6.45) is 0.